The molecule has 0 aliphatic carbocycles. The monoisotopic (exact) mass is 433 g/mol. The summed E-state index contributed by atoms with van der Waals surface area (Å²) in [7, 11) is 0. The molecule has 1 N–H and O–H groups in total. The van der Waals surface area contributed by atoms with Gasteiger partial charge in [0.05, 0.1) is 17.8 Å². The van der Waals surface area contributed by atoms with Crippen molar-refractivity contribution in [3.05, 3.63) is 81.5 Å². The quantitative estimate of drug-likeness (QED) is 0.568. The lowest BCUT2D eigenvalue weighted by atomic mass is 10.1. The Kier molecular flexibility index (Phi) is 6.37. The van der Waals surface area contributed by atoms with Gasteiger partial charge >= 0.3 is 6.03 Å². The Morgan fingerprint density at radius 2 is 1.81 bits per heavy atom. The molecule has 1 aromatic heterocycles. The first-order chi connectivity index (χ1) is 15.0. The fraction of sp³-hybridized carbons (Fsp3) is 0.280. The first-order valence-electron chi connectivity index (χ1n) is 10.5. The maximum atomic E-state index is 13.3. The van der Waals surface area contributed by atoms with E-state index < -0.39 is 0 Å². The number of rotatable bonds is 6. The van der Waals surface area contributed by atoms with Crippen molar-refractivity contribution in [2.75, 3.05) is 23.3 Å². The number of nitrogens with one attached hydrogen (secondary N) is 1. The topological polar surface area (TPSA) is 52.6 Å². The molecule has 3 amide bonds. The van der Waals surface area contributed by atoms with Gasteiger partial charge in [-0.1, -0.05) is 42.0 Å². The summed E-state index contributed by atoms with van der Waals surface area (Å²) in [5, 5.41) is 5.00. The van der Waals surface area contributed by atoms with Gasteiger partial charge in [0.25, 0.3) is 0 Å². The molecule has 6 heteroatoms. The Morgan fingerprint density at radius 1 is 1.03 bits per heavy atom. The number of benzene rings is 2. The van der Waals surface area contributed by atoms with Crippen LogP contribution in [0.15, 0.2) is 60.0 Å². The van der Waals surface area contributed by atoms with E-state index in [2.05, 4.69) is 36.5 Å². The molecule has 5 nitrogen and oxygen atoms in total. The molecule has 1 aliphatic heterocycles. The van der Waals surface area contributed by atoms with Crippen molar-refractivity contribution < 1.29 is 9.59 Å². The largest absolute Gasteiger partial charge is 0.324 e. The van der Waals surface area contributed by atoms with E-state index in [0.29, 0.717) is 25.2 Å². The van der Waals surface area contributed by atoms with Gasteiger partial charge in [0.15, 0.2) is 0 Å². The van der Waals surface area contributed by atoms with Crippen molar-refractivity contribution in [1.29, 1.82) is 0 Å². The predicted molar refractivity (Wildman–Crippen MR) is 127 cm³/mol. The molecule has 3 aromatic rings. The summed E-state index contributed by atoms with van der Waals surface area (Å²) in [6.07, 6.45) is 1.21. The number of amides is 3. The third-order valence-corrected chi connectivity index (χ3v) is 6.31. The third kappa shape index (κ3) is 5.14. The van der Waals surface area contributed by atoms with Crippen molar-refractivity contribution >= 4 is 34.6 Å². The number of anilines is 2. The maximum Gasteiger partial charge on any atom is 0.324 e. The van der Waals surface area contributed by atoms with Crippen LogP contribution in [0.4, 0.5) is 16.2 Å². The Morgan fingerprint density at radius 3 is 2.55 bits per heavy atom. The molecule has 1 aliphatic rings. The zero-order valence-electron chi connectivity index (χ0n) is 17.9. The molecule has 1 saturated heterocycles. The van der Waals surface area contributed by atoms with Gasteiger partial charge in [-0.3, -0.25) is 9.69 Å². The zero-order chi connectivity index (χ0) is 21.8. The highest BCUT2D eigenvalue weighted by Crippen LogP contribution is 2.30. The van der Waals surface area contributed by atoms with Crippen LogP contribution in [0.2, 0.25) is 0 Å². The highest BCUT2D eigenvalue weighted by atomic mass is 32.1. The Balaban J connectivity index is 1.52. The van der Waals surface area contributed by atoms with E-state index in [4.69, 9.17) is 0 Å². The molecule has 0 radical (unpaired) electrons. The number of nitrogens with zero attached hydrogens (tertiary/aromatic N) is 2. The second-order valence-electron chi connectivity index (χ2n) is 8.02. The van der Waals surface area contributed by atoms with E-state index in [1.54, 1.807) is 16.2 Å². The summed E-state index contributed by atoms with van der Waals surface area (Å²) >= 11 is 1.57. The lowest BCUT2D eigenvalue weighted by Crippen LogP contribution is -2.49. The Labute approximate surface area is 187 Å². The van der Waals surface area contributed by atoms with Crippen LogP contribution in [0, 0.1) is 13.8 Å². The number of aryl methyl sites for hydroxylation is 2. The number of urea groups is 1. The van der Waals surface area contributed by atoms with Crippen LogP contribution in [0.3, 0.4) is 0 Å². The molecular weight excluding hydrogens is 406 g/mol. The summed E-state index contributed by atoms with van der Waals surface area (Å²) in [5.74, 6) is -0.0738. The number of hydrogen-bond acceptors (Lipinski definition) is 3. The predicted octanol–water partition coefficient (Wildman–Crippen LogP) is 5.38. The van der Waals surface area contributed by atoms with Crippen LogP contribution in [-0.4, -0.2) is 29.9 Å². The SMILES string of the molecule is Cc1ccc(CN2CCCN(c3ccc(C)cc3NC(=O)Cc3cccs3)C2=O)cc1. The van der Waals surface area contributed by atoms with E-state index in [1.165, 1.54) is 5.56 Å². The highest BCUT2D eigenvalue weighted by molar-refractivity contribution is 7.10. The summed E-state index contributed by atoms with van der Waals surface area (Å²) in [4.78, 5) is 30.6. The van der Waals surface area contributed by atoms with Gasteiger partial charge in [-0.05, 0) is 55.0 Å². The van der Waals surface area contributed by atoms with Gasteiger partial charge in [-0.2, -0.15) is 0 Å². The summed E-state index contributed by atoms with van der Waals surface area (Å²) < 4.78 is 0. The van der Waals surface area contributed by atoms with Crippen LogP contribution in [0.1, 0.15) is 28.0 Å². The van der Waals surface area contributed by atoms with Crippen molar-refractivity contribution in [3.8, 4) is 0 Å². The molecule has 0 saturated carbocycles. The molecule has 160 valence electrons. The second-order valence-corrected chi connectivity index (χ2v) is 9.05. The lowest BCUT2D eigenvalue weighted by molar-refractivity contribution is -0.115. The van der Waals surface area contributed by atoms with Gasteiger partial charge < -0.3 is 10.2 Å². The van der Waals surface area contributed by atoms with Crippen molar-refractivity contribution in [3.63, 3.8) is 0 Å². The van der Waals surface area contributed by atoms with Crippen molar-refractivity contribution in [1.82, 2.24) is 4.90 Å². The van der Waals surface area contributed by atoms with E-state index in [0.717, 1.165) is 34.7 Å². The van der Waals surface area contributed by atoms with Crippen LogP contribution in [0.5, 0.6) is 0 Å². The fourth-order valence-corrected chi connectivity index (χ4v) is 4.52. The smallest absolute Gasteiger partial charge is 0.324 e. The lowest BCUT2D eigenvalue weighted by Gasteiger charge is -2.36. The fourth-order valence-electron chi connectivity index (χ4n) is 3.82. The van der Waals surface area contributed by atoms with Gasteiger partial charge in [-0.15, -0.1) is 11.3 Å². The molecule has 2 aromatic carbocycles. The van der Waals surface area contributed by atoms with Crippen LogP contribution >= 0.6 is 11.3 Å². The number of carbonyl (C=O) groups excluding carboxylic acids is 2. The average Bonchev–Trinajstić information content (AvgIpc) is 3.24. The third-order valence-electron chi connectivity index (χ3n) is 5.44. The molecule has 0 unspecified atom stereocenters. The van der Waals surface area contributed by atoms with E-state index in [1.807, 2.05) is 47.5 Å². The molecular formula is C25H27N3O2S. The summed E-state index contributed by atoms with van der Waals surface area (Å²) in [6, 6.07) is 18.0. The Bertz CT molecular complexity index is 1060. The molecule has 0 bridgehead atoms. The van der Waals surface area contributed by atoms with Gasteiger partial charge in [0.2, 0.25) is 5.91 Å². The van der Waals surface area contributed by atoms with Gasteiger partial charge in [-0.25, -0.2) is 4.79 Å². The van der Waals surface area contributed by atoms with E-state index in [-0.39, 0.29) is 11.9 Å². The minimum Gasteiger partial charge on any atom is -0.324 e. The molecule has 1 fully saturated rings. The van der Waals surface area contributed by atoms with Crippen LogP contribution in [-0.2, 0) is 17.8 Å². The molecule has 4 rings (SSSR count). The van der Waals surface area contributed by atoms with E-state index in [9.17, 15) is 9.59 Å². The average molecular weight is 434 g/mol. The van der Waals surface area contributed by atoms with Crippen molar-refractivity contribution in [2.45, 2.75) is 33.2 Å². The molecule has 31 heavy (non-hydrogen) atoms. The minimum atomic E-state index is -0.0738. The maximum absolute atomic E-state index is 13.3. The summed E-state index contributed by atoms with van der Waals surface area (Å²) in [6.45, 7) is 6.00. The second kappa shape index (κ2) is 9.35. The van der Waals surface area contributed by atoms with Crippen LogP contribution < -0.4 is 10.2 Å². The molecule has 2 heterocycles. The van der Waals surface area contributed by atoms with E-state index >= 15 is 0 Å². The number of hydrogen-bond donors (Lipinski definition) is 1. The van der Waals surface area contributed by atoms with Gasteiger partial charge in [0.1, 0.15) is 0 Å². The first-order valence-corrected chi connectivity index (χ1v) is 11.4. The van der Waals surface area contributed by atoms with Gasteiger partial charge in [0, 0.05) is 24.5 Å². The normalized spacial score (nSPS) is 14.1. The highest BCUT2D eigenvalue weighted by Gasteiger charge is 2.28. The zero-order valence-corrected chi connectivity index (χ0v) is 18.7. The minimum absolute atomic E-state index is 0.0237. The molecule has 0 atom stereocenters. The summed E-state index contributed by atoms with van der Waals surface area (Å²) in [5.41, 5.74) is 4.80. The number of carbonyl (C=O) groups is 2. The standard InChI is InChI=1S/C25H27N3O2S/c1-18-6-9-20(10-7-18)17-27-12-4-13-28(25(27)30)23-11-8-19(2)15-22(23)26-24(29)16-21-5-3-14-31-21/h3,5-11,14-15H,4,12-13,16-17H2,1-2H3,(H,26,29). The van der Waals surface area contributed by atoms with Crippen molar-refractivity contribution in [2.24, 2.45) is 0 Å². The Hall–Kier alpha value is -3.12. The number of thiophene rings is 1. The van der Waals surface area contributed by atoms with Crippen LogP contribution in [0.25, 0.3) is 0 Å². The first kappa shape index (κ1) is 21.1. The molecule has 0 spiro atoms.